The lowest BCUT2D eigenvalue weighted by atomic mass is 10.1. The van der Waals surface area contributed by atoms with Gasteiger partial charge in [0.25, 0.3) is 5.91 Å². The molecule has 0 radical (unpaired) electrons. The summed E-state index contributed by atoms with van der Waals surface area (Å²) in [5.74, 6) is 2.79. The highest BCUT2D eigenvalue weighted by atomic mass is 16.5. The molecule has 1 amide bonds. The van der Waals surface area contributed by atoms with Crippen LogP contribution in [0.3, 0.4) is 0 Å². The normalized spacial score (nSPS) is 10.9. The van der Waals surface area contributed by atoms with Crippen LogP contribution in [-0.4, -0.2) is 17.1 Å². The molecule has 0 aliphatic rings. The van der Waals surface area contributed by atoms with Gasteiger partial charge in [-0.3, -0.25) is 4.79 Å². The molecule has 5 nitrogen and oxygen atoms in total. The molecule has 0 unspecified atom stereocenters. The third-order valence-electron chi connectivity index (χ3n) is 4.15. The lowest BCUT2D eigenvalue weighted by molar-refractivity contribution is -0.112. The van der Waals surface area contributed by atoms with Crippen LogP contribution in [-0.2, 0) is 11.3 Å². The zero-order valence-electron chi connectivity index (χ0n) is 15.5. The Kier molecular flexibility index (Phi) is 5.79. The number of nitrogens with zero attached hydrogens (tertiary/aromatic N) is 2. The van der Waals surface area contributed by atoms with Gasteiger partial charge in [0.1, 0.15) is 17.4 Å². The molecule has 1 heterocycles. The molecule has 0 bridgehead atoms. The fourth-order valence-electron chi connectivity index (χ4n) is 2.95. The van der Waals surface area contributed by atoms with Crippen LogP contribution in [0.1, 0.15) is 12.5 Å². The summed E-state index contributed by atoms with van der Waals surface area (Å²) < 4.78 is 7.35. The number of para-hydroxylation sites is 1. The first-order valence-corrected chi connectivity index (χ1v) is 8.83. The summed E-state index contributed by atoms with van der Waals surface area (Å²) in [6.45, 7) is 2.83. The zero-order chi connectivity index (χ0) is 19.9. The van der Waals surface area contributed by atoms with Crippen molar-refractivity contribution in [2.75, 3.05) is 11.9 Å². The van der Waals surface area contributed by atoms with Gasteiger partial charge in [-0.15, -0.1) is 6.42 Å². The maximum absolute atomic E-state index is 12.6. The Morgan fingerprint density at radius 1 is 1.29 bits per heavy atom. The molecule has 138 valence electrons. The minimum Gasteiger partial charge on any atom is -0.494 e. The summed E-state index contributed by atoms with van der Waals surface area (Å²) in [5.41, 5.74) is 2.28. The van der Waals surface area contributed by atoms with Crippen molar-refractivity contribution in [3.63, 3.8) is 0 Å². The number of benzene rings is 2. The molecule has 0 saturated heterocycles. The molecule has 1 N–H and O–H groups in total. The highest BCUT2D eigenvalue weighted by Crippen LogP contribution is 2.24. The minimum absolute atomic E-state index is 0.00502. The van der Waals surface area contributed by atoms with Crippen LogP contribution in [0.25, 0.3) is 17.0 Å². The van der Waals surface area contributed by atoms with Gasteiger partial charge >= 0.3 is 0 Å². The zero-order valence-corrected chi connectivity index (χ0v) is 15.5. The summed E-state index contributed by atoms with van der Waals surface area (Å²) in [5, 5.41) is 13.2. The Morgan fingerprint density at radius 2 is 2.11 bits per heavy atom. The standard InChI is InChI=1S/C23H19N3O2/c1-3-12-26-16-18(21-10-5-6-11-22(21)26)13-17(15-24)23(27)25-19-8-7-9-20(14-19)28-4-2/h1,5-11,13-14,16H,4,12H2,2H3,(H,25,27)/b17-13-. The lowest BCUT2D eigenvalue weighted by Gasteiger charge is -2.07. The van der Waals surface area contributed by atoms with Crippen molar-refractivity contribution >= 4 is 28.6 Å². The Morgan fingerprint density at radius 3 is 2.86 bits per heavy atom. The molecule has 0 aliphatic carbocycles. The Labute approximate surface area is 163 Å². The number of carbonyl (C=O) groups is 1. The van der Waals surface area contributed by atoms with E-state index in [2.05, 4.69) is 11.2 Å². The molecule has 28 heavy (non-hydrogen) atoms. The molecule has 0 aliphatic heterocycles. The van der Waals surface area contributed by atoms with Crippen LogP contribution in [0.2, 0.25) is 0 Å². The van der Waals surface area contributed by atoms with Gasteiger partial charge in [-0.25, -0.2) is 0 Å². The molecular weight excluding hydrogens is 350 g/mol. The number of terminal acetylenes is 1. The molecule has 0 spiro atoms. The van der Waals surface area contributed by atoms with Gasteiger partial charge in [0.2, 0.25) is 0 Å². The molecule has 0 atom stereocenters. The van der Waals surface area contributed by atoms with Crippen LogP contribution in [0.5, 0.6) is 5.75 Å². The number of fused-ring (bicyclic) bond motifs is 1. The maximum Gasteiger partial charge on any atom is 0.266 e. The molecule has 0 saturated carbocycles. The fraction of sp³-hybridized carbons (Fsp3) is 0.130. The first kappa shape index (κ1) is 18.8. The highest BCUT2D eigenvalue weighted by molar-refractivity contribution is 6.10. The first-order chi connectivity index (χ1) is 13.7. The molecule has 5 heteroatoms. The van der Waals surface area contributed by atoms with Crippen molar-refractivity contribution in [3.05, 3.63) is 65.9 Å². The molecular formula is C23H19N3O2. The van der Waals surface area contributed by atoms with Crippen LogP contribution < -0.4 is 10.1 Å². The smallest absolute Gasteiger partial charge is 0.266 e. The van der Waals surface area contributed by atoms with E-state index in [4.69, 9.17) is 11.2 Å². The largest absolute Gasteiger partial charge is 0.494 e. The highest BCUT2D eigenvalue weighted by Gasteiger charge is 2.13. The third kappa shape index (κ3) is 4.06. The molecule has 3 aromatic rings. The number of nitrogens with one attached hydrogen (secondary N) is 1. The number of amides is 1. The average molecular weight is 369 g/mol. The van der Waals surface area contributed by atoms with Gasteiger partial charge in [-0.2, -0.15) is 5.26 Å². The molecule has 0 fully saturated rings. The fourth-order valence-corrected chi connectivity index (χ4v) is 2.95. The lowest BCUT2D eigenvalue weighted by Crippen LogP contribution is -2.13. The summed E-state index contributed by atoms with van der Waals surface area (Å²) in [6.07, 6.45) is 8.88. The van der Waals surface area contributed by atoms with Gasteiger partial charge in [0.15, 0.2) is 0 Å². The van der Waals surface area contributed by atoms with Gasteiger partial charge < -0.3 is 14.6 Å². The molecule has 1 aromatic heterocycles. The number of anilines is 1. The summed E-state index contributed by atoms with van der Waals surface area (Å²) >= 11 is 0. The average Bonchev–Trinajstić information content (AvgIpc) is 3.04. The van der Waals surface area contributed by atoms with Crippen molar-refractivity contribution in [2.24, 2.45) is 0 Å². The number of rotatable bonds is 6. The van der Waals surface area contributed by atoms with Crippen molar-refractivity contribution in [3.8, 4) is 24.2 Å². The number of hydrogen-bond acceptors (Lipinski definition) is 3. The topological polar surface area (TPSA) is 67.0 Å². The van der Waals surface area contributed by atoms with E-state index < -0.39 is 5.91 Å². The number of carbonyl (C=O) groups excluding carboxylic acids is 1. The van der Waals surface area contributed by atoms with Gasteiger partial charge in [0, 0.05) is 34.4 Å². The maximum atomic E-state index is 12.6. The first-order valence-electron chi connectivity index (χ1n) is 8.83. The van der Waals surface area contributed by atoms with Gasteiger partial charge in [-0.1, -0.05) is 30.2 Å². The predicted molar refractivity (Wildman–Crippen MR) is 111 cm³/mol. The summed E-state index contributed by atoms with van der Waals surface area (Å²) in [6, 6.07) is 16.8. The number of hydrogen-bond donors (Lipinski definition) is 1. The van der Waals surface area contributed by atoms with Crippen molar-refractivity contribution < 1.29 is 9.53 Å². The van der Waals surface area contributed by atoms with E-state index in [1.54, 1.807) is 30.3 Å². The molecule has 3 rings (SSSR count). The van der Waals surface area contributed by atoms with Crippen LogP contribution in [0.15, 0.2) is 60.3 Å². The second kappa shape index (κ2) is 8.62. The van der Waals surface area contributed by atoms with Crippen LogP contribution in [0.4, 0.5) is 5.69 Å². The number of aromatic nitrogens is 1. The summed E-state index contributed by atoms with van der Waals surface area (Å²) in [4.78, 5) is 12.6. The number of ether oxygens (including phenoxy) is 1. The Hall–Kier alpha value is -3.96. The summed E-state index contributed by atoms with van der Waals surface area (Å²) in [7, 11) is 0. The van der Waals surface area contributed by atoms with Crippen LogP contribution >= 0.6 is 0 Å². The van der Waals surface area contributed by atoms with Gasteiger partial charge in [0.05, 0.1) is 13.2 Å². The van der Waals surface area contributed by atoms with E-state index in [0.29, 0.717) is 24.6 Å². The SMILES string of the molecule is C#CCn1cc(/C=C(/C#N)C(=O)Nc2cccc(OCC)c2)c2ccccc21. The molecule has 2 aromatic carbocycles. The van der Waals surface area contributed by atoms with E-state index in [-0.39, 0.29) is 5.57 Å². The monoisotopic (exact) mass is 369 g/mol. The van der Waals surface area contributed by atoms with E-state index in [1.165, 1.54) is 0 Å². The van der Waals surface area contributed by atoms with Crippen molar-refractivity contribution in [2.45, 2.75) is 13.5 Å². The van der Waals surface area contributed by atoms with E-state index in [1.807, 2.05) is 48.0 Å². The second-order valence-electron chi connectivity index (χ2n) is 6.02. The van der Waals surface area contributed by atoms with Crippen molar-refractivity contribution in [1.29, 1.82) is 5.26 Å². The second-order valence-corrected chi connectivity index (χ2v) is 6.02. The van der Waals surface area contributed by atoms with Gasteiger partial charge in [-0.05, 0) is 31.2 Å². The van der Waals surface area contributed by atoms with Crippen molar-refractivity contribution in [1.82, 2.24) is 4.57 Å². The van der Waals surface area contributed by atoms with Crippen LogP contribution in [0, 0.1) is 23.7 Å². The Balaban J connectivity index is 1.91. The van der Waals surface area contributed by atoms with E-state index >= 15 is 0 Å². The minimum atomic E-state index is -0.482. The number of nitriles is 1. The predicted octanol–water partition coefficient (Wildman–Crippen LogP) is 4.22. The third-order valence-corrected chi connectivity index (χ3v) is 4.15. The quantitative estimate of drug-likeness (QED) is 0.402. The van der Waals surface area contributed by atoms with E-state index in [0.717, 1.165) is 16.5 Å². The Bertz CT molecular complexity index is 1130. The van der Waals surface area contributed by atoms with E-state index in [9.17, 15) is 10.1 Å².